The van der Waals surface area contributed by atoms with Gasteiger partial charge in [0, 0.05) is 17.9 Å². The number of hydrogen-bond acceptors (Lipinski definition) is 2. The molecule has 0 radical (unpaired) electrons. The van der Waals surface area contributed by atoms with E-state index in [2.05, 4.69) is 35.6 Å². The van der Waals surface area contributed by atoms with Gasteiger partial charge in [0.2, 0.25) is 5.91 Å². The maximum Gasteiger partial charge on any atom is 0.322 e. The molecule has 0 saturated heterocycles. The van der Waals surface area contributed by atoms with Gasteiger partial charge >= 0.3 is 6.03 Å². The maximum absolute atomic E-state index is 13.9. The molecular formula is C33H33N3O2. The minimum Gasteiger partial charge on any atom is -0.315 e. The van der Waals surface area contributed by atoms with Gasteiger partial charge in [0.15, 0.2) is 0 Å². The monoisotopic (exact) mass is 503 g/mol. The van der Waals surface area contributed by atoms with Crippen molar-refractivity contribution in [3.05, 3.63) is 131 Å². The van der Waals surface area contributed by atoms with Crippen molar-refractivity contribution in [1.82, 2.24) is 4.90 Å². The lowest BCUT2D eigenvalue weighted by atomic mass is 9.87. The van der Waals surface area contributed by atoms with Crippen molar-refractivity contribution >= 4 is 23.3 Å². The molecule has 5 nitrogen and oxygen atoms in total. The van der Waals surface area contributed by atoms with Gasteiger partial charge in [0.1, 0.15) is 6.54 Å². The van der Waals surface area contributed by atoms with Gasteiger partial charge in [-0.05, 0) is 66.1 Å². The van der Waals surface area contributed by atoms with E-state index in [1.54, 1.807) is 4.90 Å². The Morgan fingerprint density at radius 1 is 0.842 bits per heavy atom. The van der Waals surface area contributed by atoms with Crippen LogP contribution in [0.4, 0.5) is 16.2 Å². The summed E-state index contributed by atoms with van der Waals surface area (Å²) in [5.74, 6) is 0.0492. The molecule has 0 aliphatic carbocycles. The van der Waals surface area contributed by atoms with Crippen LogP contribution in [-0.4, -0.2) is 29.9 Å². The predicted molar refractivity (Wildman–Crippen MR) is 153 cm³/mol. The van der Waals surface area contributed by atoms with E-state index >= 15 is 0 Å². The average molecular weight is 504 g/mol. The fourth-order valence-corrected chi connectivity index (χ4v) is 5.16. The van der Waals surface area contributed by atoms with E-state index in [1.165, 1.54) is 5.56 Å². The first-order valence-electron chi connectivity index (χ1n) is 13.2. The number of benzene rings is 4. The van der Waals surface area contributed by atoms with E-state index in [1.807, 2.05) is 90.7 Å². The molecule has 1 unspecified atom stereocenters. The Labute approximate surface area is 224 Å². The number of nitrogens with one attached hydrogen (secondary N) is 1. The number of nitrogens with zero attached hydrogens (tertiary/aromatic N) is 2. The minimum absolute atomic E-state index is 0.0108. The number of para-hydroxylation sites is 1. The lowest BCUT2D eigenvalue weighted by Crippen LogP contribution is -2.44. The topological polar surface area (TPSA) is 52.7 Å². The average Bonchev–Trinajstić information content (AvgIpc) is 2.99. The summed E-state index contributed by atoms with van der Waals surface area (Å²) >= 11 is 0. The summed E-state index contributed by atoms with van der Waals surface area (Å²) < 4.78 is 0. The number of carbonyl (C=O) groups excluding carboxylic acids is 2. The van der Waals surface area contributed by atoms with E-state index in [-0.39, 0.29) is 24.4 Å². The van der Waals surface area contributed by atoms with Crippen LogP contribution < -0.4 is 10.2 Å². The normalized spacial score (nSPS) is 15.7. The maximum atomic E-state index is 13.9. The largest absolute Gasteiger partial charge is 0.322 e. The summed E-state index contributed by atoms with van der Waals surface area (Å²) in [7, 11) is 0. The second-order valence-corrected chi connectivity index (χ2v) is 9.92. The first-order valence-corrected chi connectivity index (χ1v) is 13.2. The molecular weight excluding hydrogens is 470 g/mol. The van der Waals surface area contributed by atoms with Gasteiger partial charge in [0.05, 0.1) is 6.54 Å². The highest BCUT2D eigenvalue weighted by molar-refractivity contribution is 5.99. The lowest BCUT2D eigenvalue weighted by molar-refractivity contribution is -0.119. The fourth-order valence-electron chi connectivity index (χ4n) is 5.16. The van der Waals surface area contributed by atoms with Crippen LogP contribution in [0.1, 0.15) is 34.6 Å². The molecule has 0 saturated carbocycles. The molecule has 0 aromatic heterocycles. The van der Waals surface area contributed by atoms with Crippen LogP contribution in [0.15, 0.2) is 109 Å². The number of urea groups is 1. The van der Waals surface area contributed by atoms with Gasteiger partial charge in [-0.1, -0.05) is 91.0 Å². The molecule has 3 amide bonds. The Morgan fingerprint density at radius 2 is 1.53 bits per heavy atom. The van der Waals surface area contributed by atoms with Gasteiger partial charge in [0.25, 0.3) is 0 Å². The van der Waals surface area contributed by atoms with E-state index in [0.29, 0.717) is 13.1 Å². The quantitative estimate of drug-likeness (QED) is 0.326. The fraction of sp³-hybridized carbons (Fsp3) is 0.212. The number of fused-ring (bicyclic) bond motifs is 1. The number of amides is 3. The standard InChI is InChI=1S/C33H33N3O2/c1-25-11-10-16-29(21-25)34-33(38)35-20-19-28(22-26-12-4-2-5-13-26)30-17-8-9-18-31(30)36(32(37)24-35)23-27-14-6-3-7-15-27/h2-18,21,28H,19-20,22-24H2,1H3,(H,34,38). The Bertz CT molecular complexity index is 1390. The Morgan fingerprint density at radius 3 is 2.26 bits per heavy atom. The van der Waals surface area contributed by atoms with Crippen molar-refractivity contribution in [2.24, 2.45) is 0 Å². The summed E-state index contributed by atoms with van der Waals surface area (Å²) in [4.78, 5) is 30.8. The minimum atomic E-state index is -0.256. The van der Waals surface area contributed by atoms with Gasteiger partial charge < -0.3 is 15.1 Å². The van der Waals surface area contributed by atoms with E-state index < -0.39 is 0 Å². The Hall–Kier alpha value is -4.38. The van der Waals surface area contributed by atoms with Crippen LogP contribution in [0.25, 0.3) is 0 Å². The Balaban J connectivity index is 1.50. The number of aryl methyl sites for hydroxylation is 1. The smallest absolute Gasteiger partial charge is 0.315 e. The second kappa shape index (κ2) is 11.8. The summed E-state index contributed by atoms with van der Waals surface area (Å²) in [5.41, 5.74) is 6.14. The third kappa shape index (κ3) is 6.12. The van der Waals surface area contributed by atoms with Crippen molar-refractivity contribution in [3.63, 3.8) is 0 Å². The van der Waals surface area contributed by atoms with Crippen molar-refractivity contribution in [2.45, 2.75) is 32.2 Å². The molecule has 1 N–H and O–H groups in total. The van der Waals surface area contributed by atoms with E-state index in [0.717, 1.165) is 40.9 Å². The second-order valence-electron chi connectivity index (χ2n) is 9.92. The first kappa shape index (κ1) is 25.3. The van der Waals surface area contributed by atoms with E-state index in [4.69, 9.17) is 0 Å². The molecule has 0 spiro atoms. The van der Waals surface area contributed by atoms with Gasteiger partial charge in [-0.3, -0.25) is 4.79 Å². The van der Waals surface area contributed by atoms with Crippen LogP contribution in [0.3, 0.4) is 0 Å². The number of anilines is 2. The Kier molecular flexibility index (Phi) is 7.84. The molecule has 5 rings (SSSR count). The number of hydrogen-bond donors (Lipinski definition) is 1. The summed E-state index contributed by atoms with van der Waals surface area (Å²) in [6.07, 6.45) is 1.58. The highest BCUT2D eigenvalue weighted by Crippen LogP contribution is 2.35. The van der Waals surface area contributed by atoms with Crippen LogP contribution >= 0.6 is 0 Å². The van der Waals surface area contributed by atoms with E-state index in [9.17, 15) is 9.59 Å². The van der Waals surface area contributed by atoms with Crippen molar-refractivity contribution in [2.75, 3.05) is 23.3 Å². The SMILES string of the molecule is Cc1cccc(NC(=O)N2CCC(Cc3ccccc3)c3ccccc3N(Cc3ccccc3)C(=O)C2)c1. The van der Waals surface area contributed by atoms with Crippen LogP contribution in [0.2, 0.25) is 0 Å². The third-order valence-corrected chi connectivity index (χ3v) is 7.11. The number of rotatable bonds is 5. The molecule has 1 aliphatic heterocycles. The highest BCUT2D eigenvalue weighted by atomic mass is 16.2. The molecule has 1 atom stereocenters. The molecule has 192 valence electrons. The zero-order valence-electron chi connectivity index (χ0n) is 21.7. The molecule has 1 aliphatic rings. The zero-order valence-corrected chi connectivity index (χ0v) is 21.7. The van der Waals surface area contributed by atoms with Gasteiger partial charge in [-0.15, -0.1) is 0 Å². The molecule has 4 aromatic carbocycles. The van der Waals surface area contributed by atoms with Crippen LogP contribution in [-0.2, 0) is 17.8 Å². The molecule has 4 aromatic rings. The molecule has 38 heavy (non-hydrogen) atoms. The lowest BCUT2D eigenvalue weighted by Gasteiger charge is -2.28. The van der Waals surface area contributed by atoms with Crippen molar-refractivity contribution in [1.29, 1.82) is 0 Å². The highest BCUT2D eigenvalue weighted by Gasteiger charge is 2.29. The van der Waals surface area contributed by atoms with Crippen LogP contribution in [0.5, 0.6) is 0 Å². The number of carbonyl (C=O) groups is 2. The molecule has 0 bridgehead atoms. The third-order valence-electron chi connectivity index (χ3n) is 7.11. The summed E-state index contributed by atoms with van der Waals surface area (Å²) in [6, 6.07) is 36.1. The predicted octanol–water partition coefficient (Wildman–Crippen LogP) is 6.79. The van der Waals surface area contributed by atoms with Gasteiger partial charge in [-0.25, -0.2) is 4.79 Å². The van der Waals surface area contributed by atoms with Gasteiger partial charge in [-0.2, -0.15) is 0 Å². The molecule has 1 heterocycles. The molecule has 0 fully saturated rings. The van der Waals surface area contributed by atoms with Crippen molar-refractivity contribution in [3.8, 4) is 0 Å². The summed E-state index contributed by atoms with van der Waals surface area (Å²) in [5, 5.41) is 3.01. The van der Waals surface area contributed by atoms with Crippen molar-refractivity contribution < 1.29 is 9.59 Å². The molecule has 5 heteroatoms. The first-order chi connectivity index (χ1) is 18.6. The summed E-state index contributed by atoms with van der Waals surface area (Å²) in [6.45, 7) is 2.93. The van der Waals surface area contributed by atoms with Crippen LogP contribution in [0, 0.1) is 6.92 Å². The zero-order chi connectivity index (χ0) is 26.3.